The minimum absolute atomic E-state index is 0.0337. The molecule has 2 aliphatic rings. The monoisotopic (exact) mass is 374 g/mol. The quantitative estimate of drug-likeness (QED) is 0.514. The summed E-state index contributed by atoms with van der Waals surface area (Å²) >= 11 is 0. The zero-order valence-electron chi connectivity index (χ0n) is 16.9. The molecule has 2 atom stereocenters. The van der Waals surface area contributed by atoms with Crippen LogP contribution in [0.3, 0.4) is 0 Å². The number of hydrogen-bond acceptors (Lipinski definition) is 4. The molecule has 1 saturated carbocycles. The summed E-state index contributed by atoms with van der Waals surface area (Å²) in [5.41, 5.74) is 0. The SMILES string of the molecule is CCNC(=NCC(C)Oc1ccccc1OC)NCC1CCN(C2CC2)C1. The molecule has 0 bridgehead atoms. The molecule has 3 rings (SSSR count). The van der Waals surface area contributed by atoms with Crippen molar-refractivity contribution in [2.24, 2.45) is 10.9 Å². The van der Waals surface area contributed by atoms with Crippen LogP contribution < -0.4 is 20.1 Å². The van der Waals surface area contributed by atoms with Gasteiger partial charge in [-0.05, 0) is 57.7 Å². The lowest BCUT2D eigenvalue weighted by Crippen LogP contribution is -2.41. The van der Waals surface area contributed by atoms with Crippen molar-refractivity contribution in [2.75, 3.05) is 39.8 Å². The largest absolute Gasteiger partial charge is 0.493 e. The fourth-order valence-corrected chi connectivity index (χ4v) is 3.57. The van der Waals surface area contributed by atoms with E-state index in [4.69, 9.17) is 14.5 Å². The van der Waals surface area contributed by atoms with E-state index in [0.717, 1.165) is 42.5 Å². The Kier molecular flexibility index (Phi) is 7.21. The third-order valence-corrected chi connectivity index (χ3v) is 5.19. The van der Waals surface area contributed by atoms with Gasteiger partial charge in [-0.25, -0.2) is 4.99 Å². The lowest BCUT2D eigenvalue weighted by atomic mass is 10.1. The molecule has 1 saturated heterocycles. The highest BCUT2D eigenvalue weighted by atomic mass is 16.5. The van der Waals surface area contributed by atoms with E-state index >= 15 is 0 Å². The number of ether oxygens (including phenoxy) is 2. The van der Waals surface area contributed by atoms with E-state index in [2.05, 4.69) is 22.5 Å². The molecule has 27 heavy (non-hydrogen) atoms. The lowest BCUT2D eigenvalue weighted by molar-refractivity contribution is 0.219. The molecular weight excluding hydrogens is 340 g/mol. The molecule has 0 spiro atoms. The molecule has 1 aromatic rings. The Bertz CT molecular complexity index is 618. The first-order valence-electron chi connectivity index (χ1n) is 10.3. The van der Waals surface area contributed by atoms with Gasteiger partial charge >= 0.3 is 0 Å². The van der Waals surface area contributed by atoms with Crippen molar-refractivity contribution >= 4 is 5.96 Å². The Hall–Kier alpha value is -1.95. The van der Waals surface area contributed by atoms with Crippen LogP contribution in [0.2, 0.25) is 0 Å². The van der Waals surface area contributed by atoms with Gasteiger partial charge in [-0.3, -0.25) is 0 Å². The lowest BCUT2D eigenvalue weighted by Gasteiger charge is -2.18. The molecular formula is C21H34N4O2. The summed E-state index contributed by atoms with van der Waals surface area (Å²) in [6.07, 6.45) is 4.05. The van der Waals surface area contributed by atoms with Crippen molar-refractivity contribution in [3.63, 3.8) is 0 Å². The van der Waals surface area contributed by atoms with Crippen molar-refractivity contribution in [2.45, 2.75) is 45.3 Å². The minimum Gasteiger partial charge on any atom is -0.493 e. The fourth-order valence-electron chi connectivity index (χ4n) is 3.57. The number of para-hydroxylation sites is 2. The molecule has 1 aromatic carbocycles. The topological polar surface area (TPSA) is 58.1 Å². The second-order valence-corrected chi connectivity index (χ2v) is 7.56. The molecule has 1 aliphatic heterocycles. The van der Waals surface area contributed by atoms with E-state index in [1.165, 1.54) is 32.4 Å². The molecule has 0 aromatic heterocycles. The fraction of sp³-hybridized carbons (Fsp3) is 0.667. The van der Waals surface area contributed by atoms with Crippen molar-refractivity contribution in [3.8, 4) is 11.5 Å². The second-order valence-electron chi connectivity index (χ2n) is 7.56. The second kappa shape index (κ2) is 9.83. The third kappa shape index (κ3) is 6.03. The van der Waals surface area contributed by atoms with E-state index in [0.29, 0.717) is 6.54 Å². The van der Waals surface area contributed by atoms with Crippen LogP contribution in [0.15, 0.2) is 29.3 Å². The predicted molar refractivity (Wildman–Crippen MR) is 110 cm³/mol. The molecule has 0 radical (unpaired) electrons. The number of methoxy groups -OCH3 is 1. The average Bonchev–Trinajstić information content (AvgIpc) is 3.43. The summed E-state index contributed by atoms with van der Waals surface area (Å²) in [5, 5.41) is 6.86. The molecule has 1 heterocycles. The van der Waals surface area contributed by atoms with Gasteiger partial charge in [0, 0.05) is 25.7 Å². The molecule has 150 valence electrons. The van der Waals surface area contributed by atoms with Crippen molar-refractivity contribution in [1.29, 1.82) is 0 Å². The van der Waals surface area contributed by atoms with Gasteiger partial charge in [-0.15, -0.1) is 0 Å². The Labute approximate surface area is 163 Å². The number of likely N-dealkylation sites (tertiary alicyclic amines) is 1. The van der Waals surface area contributed by atoms with Gasteiger partial charge in [0.2, 0.25) is 0 Å². The predicted octanol–water partition coefficient (Wildman–Crippen LogP) is 2.50. The highest BCUT2D eigenvalue weighted by Crippen LogP contribution is 2.31. The summed E-state index contributed by atoms with van der Waals surface area (Å²) in [6, 6.07) is 8.60. The van der Waals surface area contributed by atoms with Crippen LogP contribution in [-0.2, 0) is 0 Å². The molecule has 2 fully saturated rings. The number of benzene rings is 1. The number of nitrogens with one attached hydrogen (secondary N) is 2. The highest BCUT2D eigenvalue weighted by Gasteiger charge is 2.34. The molecule has 6 heteroatoms. The average molecular weight is 375 g/mol. The van der Waals surface area contributed by atoms with Gasteiger partial charge in [0.25, 0.3) is 0 Å². The highest BCUT2D eigenvalue weighted by molar-refractivity contribution is 5.79. The number of rotatable bonds is 9. The maximum absolute atomic E-state index is 6.00. The van der Waals surface area contributed by atoms with Gasteiger partial charge in [0.1, 0.15) is 6.10 Å². The van der Waals surface area contributed by atoms with Gasteiger partial charge in [-0.2, -0.15) is 0 Å². The Balaban J connectivity index is 1.46. The number of aliphatic imine (C=N–C) groups is 1. The maximum atomic E-state index is 6.00. The first kappa shape index (κ1) is 19.8. The smallest absolute Gasteiger partial charge is 0.191 e. The van der Waals surface area contributed by atoms with Crippen LogP contribution in [-0.4, -0.2) is 62.8 Å². The molecule has 2 N–H and O–H groups in total. The minimum atomic E-state index is -0.0337. The van der Waals surface area contributed by atoms with E-state index < -0.39 is 0 Å². The van der Waals surface area contributed by atoms with Crippen LogP contribution in [0.25, 0.3) is 0 Å². The number of guanidine groups is 1. The van der Waals surface area contributed by atoms with Crippen molar-refractivity contribution in [3.05, 3.63) is 24.3 Å². The van der Waals surface area contributed by atoms with Gasteiger partial charge in [0.05, 0.1) is 13.7 Å². The van der Waals surface area contributed by atoms with Crippen LogP contribution >= 0.6 is 0 Å². The van der Waals surface area contributed by atoms with Crippen LogP contribution in [0.5, 0.6) is 11.5 Å². The number of hydrogen-bond donors (Lipinski definition) is 2. The summed E-state index contributed by atoms with van der Waals surface area (Å²) in [6.45, 7) is 9.04. The molecule has 0 amide bonds. The first-order valence-corrected chi connectivity index (χ1v) is 10.3. The standard InChI is InChI=1S/C21H34N4O2/c1-4-22-21(24-14-17-11-12-25(15-17)18-9-10-18)23-13-16(2)27-20-8-6-5-7-19(20)26-3/h5-8,16-18H,4,9-15H2,1-3H3,(H2,22,23,24). The molecule has 2 unspecified atom stereocenters. The summed E-state index contributed by atoms with van der Waals surface area (Å²) in [5.74, 6) is 3.10. The normalized spacial score (nSPS) is 21.7. The van der Waals surface area contributed by atoms with Crippen LogP contribution in [0.4, 0.5) is 0 Å². The maximum Gasteiger partial charge on any atom is 0.191 e. The molecule has 6 nitrogen and oxygen atoms in total. The van der Waals surface area contributed by atoms with Crippen molar-refractivity contribution < 1.29 is 9.47 Å². The Morgan fingerprint density at radius 3 is 2.70 bits per heavy atom. The Morgan fingerprint density at radius 1 is 1.22 bits per heavy atom. The van der Waals surface area contributed by atoms with E-state index in [1.807, 2.05) is 31.2 Å². The number of nitrogens with zero attached hydrogens (tertiary/aromatic N) is 2. The van der Waals surface area contributed by atoms with E-state index in [1.54, 1.807) is 7.11 Å². The first-order chi connectivity index (χ1) is 13.2. The molecule has 1 aliphatic carbocycles. The zero-order valence-corrected chi connectivity index (χ0v) is 16.9. The van der Waals surface area contributed by atoms with Gasteiger partial charge in [-0.1, -0.05) is 12.1 Å². The van der Waals surface area contributed by atoms with Gasteiger partial charge < -0.3 is 25.0 Å². The third-order valence-electron chi connectivity index (χ3n) is 5.19. The summed E-state index contributed by atoms with van der Waals surface area (Å²) in [7, 11) is 1.66. The van der Waals surface area contributed by atoms with Crippen LogP contribution in [0.1, 0.15) is 33.1 Å². The summed E-state index contributed by atoms with van der Waals surface area (Å²) in [4.78, 5) is 7.36. The zero-order chi connectivity index (χ0) is 19.1. The van der Waals surface area contributed by atoms with Crippen LogP contribution in [0, 0.1) is 5.92 Å². The van der Waals surface area contributed by atoms with E-state index in [-0.39, 0.29) is 6.10 Å². The Morgan fingerprint density at radius 2 is 2.00 bits per heavy atom. The van der Waals surface area contributed by atoms with E-state index in [9.17, 15) is 0 Å². The van der Waals surface area contributed by atoms with Crippen molar-refractivity contribution in [1.82, 2.24) is 15.5 Å². The van der Waals surface area contributed by atoms with Gasteiger partial charge in [0.15, 0.2) is 17.5 Å². The summed E-state index contributed by atoms with van der Waals surface area (Å²) < 4.78 is 11.3.